The average molecular weight is 367 g/mol. The molecular weight excluding hydrogens is 346 g/mol. The summed E-state index contributed by atoms with van der Waals surface area (Å²) in [4.78, 5) is 20.6. The number of hydrogen-bond donors (Lipinski definition) is 0. The van der Waals surface area contributed by atoms with Crippen LogP contribution in [-0.2, 0) is 13.1 Å². The van der Waals surface area contributed by atoms with Crippen molar-refractivity contribution in [1.82, 2.24) is 24.8 Å². The highest BCUT2D eigenvalue weighted by atomic mass is 15.2. The molecule has 0 saturated carbocycles. The van der Waals surface area contributed by atoms with Gasteiger partial charge in [0.25, 0.3) is 0 Å². The molecule has 0 N–H and O–H groups in total. The Kier molecular flexibility index (Phi) is 5.75. The van der Waals surface area contributed by atoms with Crippen LogP contribution in [-0.4, -0.2) is 24.8 Å². The van der Waals surface area contributed by atoms with Gasteiger partial charge in [-0.25, -0.2) is 0 Å². The molecule has 0 aliphatic carbocycles. The SMILES string of the molecule is c1ccc(CN(Cc2ccccn2)C(c2ccccn2)c2ccccn2)nc1. The number of pyridine rings is 4. The Morgan fingerprint density at radius 1 is 0.536 bits per heavy atom. The average Bonchev–Trinajstić information content (AvgIpc) is 2.77. The monoisotopic (exact) mass is 367 g/mol. The second-order valence-electron chi connectivity index (χ2n) is 6.46. The number of rotatable bonds is 7. The van der Waals surface area contributed by atoms with E-state index in [1.54, 1.807) is 0 Å². The van der Waals surface area contributed by atoms with Crippen LogP contribution in [0.5, 0.6) is 0 Å². The van der Waals surface area contributed by atoms with E-state index in [1.807, 2.05) is 97.6 Å². The lowest BCUT2D eigenvalue weighted by Crippen LogP contribution is -2.30. The third-order valence-electron chi connectivity index (χ3n) is 4.48. The van der Waals surface area contributed by atoms with Gasteiger partial charge in [-0.05, 0) is 48.5 Å². The minimum absolute atomic E-state index is 0.105. The lowest BCUT2D eigenvalue weighted by Gasteiger charge is -2.30. The quantitative estimate of drug-likeness (QED) is 0.493. The first-order chi connectivity index (χ1) is 13.9. The van der Waals surface area contributed by atoms with Crippen molar-refractivity contribution in [3.05, 3.63) is 120 Å². The molecule has 0 saturated heterocycles. The van der Waals surface area contributed by atoms with Gasteiger partial charge >= 0.3 is 0 Å². The topological polar surface area (TPSA) is 54.8 Å². The summed E-state index contributed by atoms with van der Waals surface area (Å²) in [5.74, 6) is 0. The zero-order valence-electron chi connectivity index (χ0n) is 15.5. The van der Waals surface area contributed by atoms with Gasteiger partial charge in [0, 0.05) is 37.9 Å². The third-order valence-corrected chi connectivity index (χ3v) is 4.48. The van der Waals surface area contributed by atoms with Crippen LogP contribution < -0.4 is 0 Å². The standard InChI is InChI=1S/C23H21N5/c1-5-13-24-19(9-1)17-28(18-20-10-2-6-14-25-20)23(21-11-3-7-15-26-21)22-12-4-8-16-27-22/h1-16,23H,17-18H2. The van der Waals surface area contributed by atoms with E-state index in [0.717, 1.165) is 22.8 Å². The van der Waals surface area contributed by atoms with Crippen LogP contribution in [0, 0.1) is 0 Å². The predicted molar refractivity (Wildman–Crippen MR) is 108 cm³/mol. The molecule has 5 nitrogen and oxygen atoms in total. The first-order valence-corrected chi connectivity index (χ1v) is 9.26. The van der Waals surface area contributed by atoms with Crippen LogP contribution in [0.2, 0.25) is 0 Å². The van der Waals surface area contributed by atoms with Gasteiger partial charge in [-0.15, -0.1) is 0 Å². The lowest BCUT2D eigenvalue weighted by atomic mass is 10.1. The van der Waals surface area contributed by atoms with Crippen LogP contribution >= 0.6 is 0 Å². The van der Waals surface area contributed by atoms with Crippen LogP contribution in [0.3, 0.4) is 0 Å². The van der Waals surface area contributed by atoms with E-state index in [-0.39, 0.29) is 6.04 Å². The maximum Gasteiger partial charge on any atom is 0.0956 e. The van der Waals surface area contributed by atoms with Crippen molar-refractivity contribution in [1.29, 1.82) is 0 Å². The summed E-state index contributed by atoms with van der Waals surface area (Å²) in [6, 6.07) is 23.8. The summed E-state index contributed by atoms with van der Waals surface area (Å²) in [5.41, 5.74) is 3.90. The van der Waals surface area contributed by atoms with Gasteiger partial charge in [0.05, 0.1) is 28.8 Å². The van der Waals surface area contributed by atoms with Crippen LogP contribution in [0.25, 0.3) is 0 Å². The van der Waals surface area contributed by atoms with E-state index in [2.05, 4.69) is 24.8 Å². The van der Waals surface area contributed by atoms with E-state index in [4.69, 9.17) is 0 Å². The molecule has 0 unspecified atom stereocenters. The molecule has 0 bridgehead atoms. The zero-order chi connectivity index (χ0) is 19.0. The third kappa shape index (κ3) is 4.45. The molecule has 0 aliphatic heterocycles. The van der Waals surface area contributed by atoms with E-state index < -0.39 is 0 Å². The fourth-order valence-electron chi connectivity index (χ4n) is 3.24. The molecule has 0 atom stereocenters. The van der Waals surface area contributed by atoms with E-state index in [9.17, 15) is 0 Å². The van der Waals surface area contributed by atoms with Crippen molar-refractivity contribution in [2.75, 3.05) is 0 Å². The van der Waals surface area contributed by atoms with Crippen molar-refractivity contribution >= 4 is 0 Å². The minimum atomic E-state index is -0.105. The molecule has 4 aromatic heterocycles. The highest BCUT2D eigenvalue weighted by molar-refractivity contribution is 5.23. The van der Waals surface area contributed by atoms with Crippen molar-refractivity contribution in [3.8, 4) is 0 Å². The molecule has 4 rings (SSSR count). The van der Waals surface area contributed by atoms with Crippen molar-refractivity contribution in [3.63, 3.8) is 0 Å². The summed E-state index contributed by atoms with van der Waals surface area (Å²) in [6.07, 6.45) is 7.30. The van der Waals surface area contributed by atoms with Gasteiger partial charge in [-0.3, -0.25) is 24.8 Å². The highest BCUT2D eigenvalue weighted by Crippen LogP contribution is 2.28. The maximum atomic E-state index is 4.64. The Morgan fingerprint density at radius 3 is 1.32 bits per heavy atom. The number of nitrogens with zero attached hydrogens (tertiary/aromatic N) is 5. The van der Waals surface area contributed by atoms with Crippen molar-refractivity contribution < 1.29 is 0 Å². The second-order valence-corrected chi connectivity index (χ2v) is 6.46. The molecule has 0 aliphatic rings. The molecule has 0 amide bonds. The molecule has 4 heterocycles. The number of aromatic nitrogens is 4. The Morgan fingerprint density at radius 2 is 0.964 bits per heavy atom. The van der Waals surface area contributed by atoms with Crippen molar-refractivity contribution in [2.24, 2.45) is 0 Å². The number of hydrogen-bond acceptors (Lipinski definition) is 5. The Hall–Kier alpha value is -3.44. The fourth-order valence-corrected chi connectivity index (χ4v) is 3.24. The first kappa shape index (κ1) is 17.9. The predicted octanol–water partition coefficient (Wildman–Crippen LogP) is 4.06. The summed E-state index contributed by atoms with van der Waals surface area (Å²) in [5, 5.41) is 0. The van der Waals surface area contributed by atoms with Crippen LogP contribution in [0.4, 0.5) is 0 Å². The van der Waals surface area contributed by atoms with Crippen LogP contribution in [0.1, 0.15) is 28.8 Å². The zero-order valence-corrected chi connectivity index (χ0v) is 15.5. The van der Waals surface area contributed by atoms with E-state index in [1.165, 1.54) is 0 Å². The molecule has 0 aromatic carbocycles. The fraction of sp³-hybridized carbons (Fsp3) is 0.130. The van der Waals surface area contributed by atoms with Gasteiger partial charge in [0.2, 0.25) is 0 Å². The maximum absolute atomic E-state index is 4.64. The van der Waals surface area contributed by atoms with Crippen LogP contribution in [0.15, 0.2) is 97.6 Å². The molecule has 138 valence electrons. The van der Waals surface area contributed by atoms with Gasteiger partial charge < -0.3 is 0 Å². The molecule has 0 spiro atoms. The Labute approximate surface area is 164 Å². The summed E-state index contributed by atoms with van der Waals surface area (Å²) >= 11 is 0. The van der Waals surface area contributed by atoms with E-state index in [0.29, 0.717) is 13.1 Å². The largest absolute Gasteiger partial charge is 0.278 e. The smallest absolute Gasteiger partial charge is 0.0956 e. The molecule has 0 fully saturated rings. The first-order valence-electron chi connectivity index (χ1n) is 9.26. The highest BCUT2D eigenvalue weighted by Gasteiger charge is 2.25. The van der Waals surface area contributed by atoms with Gasteiger partial charge in [-0.2, -0.15) is 0 Å². The summed E-state index contributed by atoms with van der Waals surface area (Å²) < 4.78 is 0. The van der Waals surface area contributed by atoms with Gasteiger partial charge in [-0.1, -0.05) is 24.3 Å². The Balaban J connectivity index is 1.76. The molecular formula is C23H21N5. The summed E-state index contributed by atoms with van der Waals surface area (Å²) in [6.45, 7) is 1.32. The lowest BCUT2D eigenvalue weighted by molar-refractivity contribution is 0.195. The van der Waals surface area contributed by atoms with Gasteiger partial charge in [0.1, 0.15) is 0 Å². The van der Waals surface area contributed by atoms with E-state index >= 15 is 0 Å². The second kappa shape index (κ2) is 8.97. The molecule has 4 aromatic rings. The Bertz CT molecular complexity index is 882. The molecule has 5 heteroatoms. The molecule has 28 heavy (non-hydrogen) atoms. The van der Waals surface area contributed by atoms with Crippen molar-refractivity contribution in [2.45, 2.75) is 19.1 Å². The van der Waals surface area contributed by atoms with Gasteiger partial charge in [0.15, 0.2) is 0 Å². The summed E-state index contributed by atoms with van der Waals surface area (Å²) in [7, 11) is 0. The normalized spacial score (nSPS) is 11.1. The molecule has 0 radical (unpaired) electrons. The minimum Gasteiger partial charge on any atom is -0.278 e.